The minimum Gasteiger partial charge on any atom is -0.373 e. The first-order chi connectivity index (χ1) is 12.3. The van der Waals surface area contributed by atoms with Crippen LogP contribution in [0.1, 0.15) is 54.6 Å². The molecule has 136 valence electrons. The lowest BCUT2D eigenvalue weighted by molar-refractivity contribution is 0.0271. The Balaban J connectivity index is 1.27. The normalized spacial score (nSPS) is 27.3. The summed E-state index contributed by atoms with van der Waals surface area (Å²) in [7, 11) is 0. The van der Waals surface area contributed by atoms with Crippen LogP contribution in [0.25, 0.3) is 0 Å². The molecule has 4 heterocycles. The molecule has 3 aliphatic rings. The van der Waals surface area contributed by atoms with Gasteiger partial charge in [-0.05, 0) is 63.7 Å². The van der Waals surface area contributed by atoms with Crippen molar-refractivity contribution in [3.8, 4) is 0 Å². The van der Waals surface area contributed by atoms with E-state index in [1.165, 1.54) is 25.9 Å². The van der Waals surface area contributed by atoms with Crippen LogP contribution in [0.2, 0.25) is 0 Å². The smallest absolute Gasteiger partial charge is 0.255 e. The van der Waals surface area contributed by atoms with Crippen LogP contribution in [-0.4, -0.2) is 65.6 Å². The highest BCUT2D eigenvalue weighted by molar-refractivity contribution is 5.94. The van der Waals surface area contributed by atoms with Gasteiger partial charge in [0.15, 0.2) is 0 Å². The zero-order valence-corrected chi connectivity index (χ0v) is 15.0. The van der Waals surface area contributed by atoms with Crippen molar-refractivity contribution in [2.24, 2.45) is 0 Å². The van der Waals surface area contributed by atoms with Crippen molar-refractivity contribution in [2.75, 3.05) is 32.7 Å². The van der Waals surface area contributed by atoms with E-state index < -0.39 is 0 Å². The molecule has 0 radical (unpaired) electrons. The lowest BCUT2D eigenvalue weighted by Crippen LogP contribution is -2.30. The first kappa shape index (κ1) is 17.0. The number of nitrogens with zero attached hydrogens (tertiary/aromatic N) is 3. The van der Waals surface area contributed by atoms with Crippen LogP contribution >= 0.6 is 0 Å². The number of carbonyl (C=O) groups excluding carboxylic acids is 1. The Morgan fingerprint density at radius 1 is 1.04 bits per heavy atom. The van der Waals surface area contributed by atoms with Crippen molar-refractivity contribution < 1.29 is 9.53 Å². The summed E-state index contributed by atoms with van der Waals surface area (Å²) >= 11 is 0. The van der Waals surface area contributed by atoms with E-state index in [4.69, 9.17) is 4.74 Å². The number of carbonyl (C=O) groups is 1. The van der Waals surface area contributed by atoms with E-state index in [1.54, 1.807) is 6.20 Å². The van der Waals surface area contributed by atoms with E-state index in [1.807, 2.05) is 17.0 Å². The van der Waals surface area contributed by atoms with Crippen LogP contribution in [0.3, 0.4) is 0 Å². The second kappa shape index (κ2) is 7.83. The number of likely N-dealkylation sites (tertiary alicyclic amines) is 2. The van der Waals surface area contributed by atoms with Crippen LogP contribution in [0.15, 0.2) is 18.3 Å². The van der Waals surface area contributed by atoms with Crippen molar-refractivity contribution in [1.29, 1.82) is 0 Å². The third kappa shape index (κ3) is 4.21. The molecule has 3 saturated heterocycles. The Morgan fingerprint density at radius 2 is 1.76 bits per heavy atom. The van der Waals surface area contributed by atoms with Gasteiger partial charge in [-0.2, -0.15) is 0 Å². The second-order valence-electron chi connectivity index (χ2n) is 7.71. The molecule has 25 heavy (non-hydrogen) atoms. The number of rotatable bonds is 5. The summed E-state index contributed by atoms with van der Waals surface area (Å²) in [5.41, 5.74) is 1.75. The number of amides is 1. The Morgan fingerprint density at radius 3 is 2.48 bits per heavy atom. The molecule has 4 rings (SSSR count). The van der Waals surface area contributed by atoms with Crippen LogP contribution < -0.4 is 0 Å². The average Bonchev–Trinajstić information content (AvgIpc) is 3.38. The SMILES string of the molecule is O=C(c1ccc(C[C@@H]2CC[C@H](CN3CCCC3)O2)nc1)N1CCCC1. The van der Waals surface area contributed by atoms with Gasteiger partial charge in [-0.3, -0.25) is 9.78 Å². The summed E-state index contributed by atoms with van der Waals surface area (Å²) in [4.78, 5) is 21.4. The van der Waals surface area contributed by atoms with Gasteiger partial charge in [0.25, 0.3) is 5.91 Å². The largest absolute Gasteiger partial charge is 0.373 e. The molecule has 0 spiro atoms. The number of aromatic nitrogens is 1. The number of ether oxygens (including phenoxy) is 1. The van der Waals surface area contributed by atoms with Crippen molar-refractivity contribution in [2.45, 2.75) is 57.2 Å². The van der Waals surface area contributed by atoms with Crippen LogP contribution in [0.5, 0.6) is 0 Å². The topological polar surface area (TPSA) is 45.7 Å². The molecule has 3 fully saturated rings. The van der Waals surface area contributed by atoms with E-state index in [0.717, 1.165) is 57.4 Å². The molecule has 1 aromatic rings. The lowest BCUT2D eigenvalue weighted by Gasteiger charge is -2.20. The Labute approximate surface area is 150 Å². The van der Waals surface area contributed by atoms with E-state index in [0.29, 0.717) is 11.7 Å². The first-order valence-corrected chi connectivity index (χ1v) is 9.90. The van der Waals surface area contributed by atoms with E-state index >= 15 is 0 Å². The van der Waals surface area contributed by atoms with E-state index in [2.05, 4.69) is 9.88 Å². The molecule has 5 nitrogen and oxygen atoms in total. The second-order valence-corrected chi connectivity index (χ2v) is 7.71. The average molecular weight is 343 g/mol. The first-order valence-electron chi connectivity index (χ1n) is 9.90. The van der Waals surface area contributed by atoms with Gasteiger partial charge in [-0.1, -0.05) is 0 Å². The number of pyridine rings is 1. The van der Waals surface area contributed by atoms with Crippen LogP contribution in [-0.2, 0) is 11.2 Å². The monoisotopic (exact) mass is 343 g/mol. The summed E-state index contributed by atoms with van der Waals surface area (Å²) in [6.45, 7) is 5.33. The molecule has 1 aromatic heterocycles. The lowest BCUT2D eigenvalue weighted by atomic mass is 10.1. The van der Waals surface area contributed by atoms with Gasteiger partial charge in [0, 0.05) is 37.9 Å². The van der Waals surface area contributed by atoms with Crippen molar-refractivity contribution in [3.63, 3.8) is 0 Å². The highest BCUT2D eigenvalue weighted by Crippen LogP contribution is 2.24. The highest BCUT2D eigenvalue weighted by atomic mass is 16.5. The summed E-state index contributed by atoms with van der Waals surface area (Å²) in [6, 6.07) is 3.93. The van der Waals surface area contributed by atoms with Crippen molar-refractivity contribution >= 4 is 5.91 Å². The zero-order chi connectivity index (χ0) is 17.1. The third-order valence-corrected chi connectivity index (χ3v) is 5.76. The third-order valence-electron chi connectivity index (χ3n) is 5.76. The minimum absolute atomic E-state index is 0.124. The van der Waals surface area contributed by atoms with Gasteiger partial charge in [0.2, 0.25) is 0 Å². The molecule has 0 saturated carbocycles. The molecule has 5 heteroatoms. The quantitative estimate of drug-likeness (QED) is 0.824. The molecule has 2 atom stereocenters. The molecular weight excluding hydrogens is 314 g/mol. The Bertz CT molecular complexity index is 577. The summed E-state index contributed by atoms with van der Waals surface area (Å²) in [5.74, 6) is 0.124. The van der Waals surface area contributed by atoms with E-state index in [9.17, 15) is 4.79 Å². The van der Waals surface area contributed by atoms with Crippen molar-refractivity contribution in [1.82, 2.24) is 14.8 Å². The highest BCUT2D eigenvalue weighted by Gasteiger charge is 2.28. The zero-order valence-electron chi connectivity index (χ0n) is 15.0. The van der Waals surface area contributed by atoms with Gasteiger partial charge >= 0.3 is 0 Å². The number of hydrogen-bond acceptors (Lipinski definition) is 4. The maximum absolute atomic E-state index is 12.4. The molecule has 3 aliphatic heterocycles. The molecule has 0 aromatic carbocycles. The summed E-state index contributed by atoms with van der Waals surface area (Å²) in [5, 5.41) is 0. The molecule has 0 bridgehead atoms. The van der Waals surface area contributed by atoms with E-state index in [-0.39, 0.29) is 12.0 Å². The van der Waals surface area contributed by atoms with Gasteiger partial charge in [-0.25, -0.2) is 0 Å². The molecule has 0 N–H and O–H groups in total. The van der Waals surface area contributed by atoms with Crippen molar-refractivity contribution in [3.05, 3.63) is 29.6 Å². The fourth-order valence-corrected chi connectivity index (χ4v) is 4.33. The predicted molar refractivity (Wildman–Crippen MR) is 96.6 cm³/mol. The molecule has 0 aliphatic carbocycles. The summed E-state index contributed by atoms with van der Waals surface area (Å²) in [6.07, 6.45) is 10.5. The fraction of sp³-hybridized carbons (Fsp3) is 0.700. The Hall–Kier alpha value is -1.46. The van der Waals surface area contributed by atoms with Gasteiger partial charge in [0.1, 0.15) is 0 Å². The predicted octanol–water partition coefficient (Wildman–Crippen LogP) is 2.50. The van der Waals surface area contributed by atoms with Gasteiger partial charge in [-0.15, -0.1) is 0 Å². The maximum atomic E-state index is 12.4. The number of hydrogen-bond donors (Lipinski definition) is 0. The minimum atomic E-state index is 0.124. The molecular formula is C20H29N3O2. The molecule has 0 unspecified atom stereocenters. The fourth-order valence-electron chi connectivity index (χ4n) is 4.33. The Kier molecular flexibility index (Phi) is 5.32. The van der Waals surface area contributed by atoms with Crippen LogP contribution in [0, 0.1) is 0 Å². The molecule has 1 amide bonds. The van der Waals surface area contributed by atoms with Gasteiger partial charge < -0.3 is 14.5 Å². The van der Waals surface area contributed by atoms with Crippen LogP contribution in [0.4, 0.5) is 0 Å². The van der Waals surface area contributed by atoms with Gasteiger partial charge in [0.05, 0.1) is 17.8 Å². The standard InChI is InChI=1S/C20H29N3O2/c24-20(23-11-3-4-12-23)16-5-6-17(21-14-16)13-18-7-8-19(25-18)15-22-9-1-2-10-22/h5-6,14,18-19H,1-4,7-13,15H2/t18-,19+/m0/s1. The maximum Gasteiger partial charge on any atom is 0.255 e. The summed E-state index contributed by atoms with van der Waals surface area (Å²) < 4.78 is 6.23.